The van der Waals surface area contributed by atoms with E-state index in [0.29, 0.717) is 38.8 Å². The molecule has 2 amide bonds. The van der Waals surface area contributed by atoms with Crippen LogP contribution in [0.2, 0.25) is 0 Å². The van der Waals surface area contributed by atoms with Crippen molar-refractivity contribution < 1.29 is 14.3 Å². The Morgan fingerprint density at radius 2 is 1.78 bits per heavy atom. The van der Waals surface area contributed by atoms with E-state index in [2.05, 4.69) is 29.6 Å². The van der Waals surface area contributed by atoms with E-state index in [1.54, 1.807) is 18.4 Å². The second-order valence-electron chi connectivity index (χ2n) is 8.40. The predicted molar refractivity (Wildman–Crippen MR) is 128 cm³/mol. The molecule has 3 aromatic rings. The number of nitrogens with two attached hydrogens (primary N) is 1. The Morgan fingerprint density at radius 1 is 1.03 bits per heavy atom. The van der Waals surface area contributed by atoms with Gasteiger partial charge in [0.25, 0.3) is 0 Å². The van der Waals surface area contributed by atoms with Crippen molar-refractivity contribution >= 4 is 23.2 Å². The summed E-state index contributed by atoms with van der Waals surface area (Å²) in [6, 6.07) is 20.0. The van der Waals surface area contributed by atoms with E-state index in [1.165, 1.54) is 4.88 Å². The standard InChI is InChI=1S/C26H28N2O3S/c1-31-22-9-7-19(8-10-22)17-24(29)28-13-11-26(12-14-28,25(27)30)18-20-4-2-5-21(16-20)23-6-3-15-32-23/h2-10,15-16H,11-14,17-18H2,1H3,(H2,27,30). The zero-order chi connectivity index (χ0) is 22.6. The number of nitrogens with zero attached hydrogens (tertiary/aromatic N) is 1. The van der Waals surface area contributed by atoms with Gasteiger partial charge in [-0.3, -0.25) is 9.59 Å². The molecule has 0 bridgehead atoms. The molecule has 0 saturated carbocycles. The van der Waals surface area contributed by atoms with Gasteiger partial charge in [-0.1, -0.05) is 42.5 Å². The lowest BCUT2D eigenvalue weighted by molar-refractivity contribution is -0.138. The molecule has 0 aliphatic carbocycles. The van der Waals surface area contributed by atoms with Gasteiger partial charge in [0.1, 0.15) is 5.75 Å². The summed E-state index contributed by atoms with van der Waals surface area (Å²) in [6.45, 7) is 1.09. The number of methoxy groups -OCH3 is 1. The summed E-state index contributed by atoms with van der Waals surface area (Å²) in [6.07, 6.45) is 2.11. The number of amides is 2. The van der Waals surface area contributed by atoms with Crippen LogP contribution in [0, 0.1) is 5.41 Å². The highest BCUT2D eigenvalue weighted by Crippen LogP contribution is 2.36. The third kappa shape index (κ3) is 4.86. The molecule has 2 N–H and O–H groups in total. The summed E-state index contributed by atoms with van der Waals surface area (Å²) in [7, 11) is 1.62. The van der Waals surface area contributed by atoms with E-state index in [4.69, 9.17) is 10.5 Å². The number of carbonyl (C=O) groups is 2. The molecule has 4 rings (SSSR count). The van der Waals surface area contributed by atoms with Gasteiger partial charge in [-0.15, -0.1) is 11.3 Å². The Morgan fingerprint density at radius 3 is 2.41 bits per heavy atom. The number of thiophene rings is 1. The van der Waals surface area contributed by atoms with Crippen molar-refractivity contribution in [2.24, 2.45) is 11.1 Å². The minimum atomic E-state index is -0.620. The highest BCUT2D eigenvalue weighted by atomic mass is 32.1. The van der Waals surface area contributed by atoms with E-state index in [-0.39, 0.29) is 11.8 Å². The van der Waals surface area contributed by atoms with Gasteiger partial charge in [0.2, 0.25) is 11.8 Å². The molecule has 166 valence electrons. The molecule has 1 saturated heterocycles. The fourth-order valence-electron chi connectivity index (χ4n) is 4.39. The normalized spacial score (nSPS) is 15.3. The van der Waals surface area contributed by atoms with Crippen LogP contribution in [-0.4, -0.2) is 36.9 Å². The largest absolute Gasteiger partial charge is 0.497 e. The average molecular weight is 449 g/mol. The maximum Gasteiger partial charge on any atom is 0.226 e. The van der Waals surface area contributed by atoms with Crippen molar-refractivity contribution in [2.75, 3.05) is 20.2 Å². The monoisotopic (exact) mass is 448 g/mol. The summed E-state index contributed by atoms with van der Waals surface area (Å²) in [5.74, 6) is 0.572. The number of ether oxygens (including phenoxy) is 1. The van der Waals surface area contributed by atoms with Crippen molar-refractivity contribution in [3.63, 3.8) is 0 Å². The molecule has 0 radical (unpaired) electrons. The number of carbonyl (C=O) groups excluding carboxylic acids is 2. The molecule has 0 unspecified atom stereocenters. The summed E-state index contributed by atoms with van der Waals surface area (Å²) >= 11 is 1.70. The fraction of sp³-hybridized carbons (Fsp3) is 0.308. The second kappa shape index (κ2) is 9.57. The average Bonchev–Trinajstić information content (AvgIpc) is 3.35. The topological polar surface area (TPSA) is 72.6 Å². The minimum absolute atomic E-state index is 0.0768. The molecule has 6 heteroatoms. The van der Waals surface area contributed by atoms with Gasteiger partial charge in [0, 0.05) is 18.0 Å². The van der Waals surface area contributed by atoms with Crippen LogP contribution >= 0.6 is 11.3 Å². The Kier molecular flexibility index (Phi) is 6.61. The molecule has 5 nitrogen and oxygen atoms in total. The Balaban J connectivity index is 1.41. The van der Waals surface area contributed by atoms with Crippen molar-refractivity contribution in [3.8, 4) is 16.2 Å². The molecule has 2 aromatic carbocycles. The number of benzene rings is 2. The second-order valence-corrected chi connectivity index (χ2v) is 9.35. The van der Waals surface area contributed by atoms with Crippen LogP contribution in [0.3, 0.4) is 0 Å². The number of hydrogen-bond donors (Lipinski definition) is 1. The molecule has 1 aliphatic heterocycles. The zero-order valence-corrected chi connectivity index (χ0v) is 19.1. The Labute approximate surface area is 192 Å². The van der Waals surface area contributed by atoms with Crippen LogP contribution in [0.5, 0.6) is 5.75 Å². The third-order valence-corrected chi connectivity index (χ3v) is 7.30. The maximum atomic E-state index is 12.8. The van der Waals surface area contributed by atoms with Crippen LogP contribution < -0.4 is 10.5 Å². The number of primary amides is 1. The number of piperidine rings is 1. The van der Waals surface area contributed by atoms with E-state index < -0.39 is 5.41 Å². The smallest absolute Gasteiger partial charge is 0.226 e. The molecule has 0 atom stereocenters. The first-order chi connectivity index (χ1) is 15.5. The van der Waals surface area contributed by atoms with E-state index >= 15 is 0 Å². The van der Waals surface area contributed by atoms with Gasteiger partial charge in [-0.2, -0.15) is 0 Å². The SMILES string of the molecule is COc1ccc(CC(=O)N2CCC(Cc3cccc(-c4cccs4)c3)(C(N)=O)CC2)cc1. The molecule has 32 heavy (non-hydrogen) atoms. The highest BCUT2D eigenvalue weighted by molar-refractivity contribution is 7.13. The number of hydrogen-bond acceptors (Lipinski definition) is 4. The van der Waals surface area contributed by atoms with Gasteiger partial charge in [-0.25, -0.2) is 0 Å². The molecule has 1 fully saturated rings. The summed E-state index contributed by atoms with van der Waals surface area (Å²) < 4.78 is 5.17. The van der Waals surface area contributed by atoms with Crippen LogP contribution in [0.1, 0.15) is 24.0 Å². The lowest BCUT2D eigenvalue weighted by Gasteiger charge is -2.40. The number of likely N-dealkylation sites (tertiary alicyclic amines) is 1. The summed E-state index contributed by atoms with van der Waals surface area (Å²) in [5.41, 5.74) is 8.50. The van der Waals surface area contributed by atoms with Crippen LogP contribution in [0.4, 0.5) is 0 Å². The molecular weight excluding hydrogens is 420 g/mol. The number of rotatable bonds is 7. The van der Waals surface area contributed by atoms with Gasteiger partial charge < -0.3 is 15.4 Å². The molecule has 1 aliphatic rings. The highest BCUT2D eigenvalue weighted by Gasteiger charge is 2.40. The first kappa shape index (κ1) is 22.1. The van der Waals surface area contributed by atoms with Crippen LogP contribution in [-0.2, 0) is 22.4 Å². The van der Waals surface area contributed by atoms with Gasteiger partial charge in [0.05, 0.1) is 18.9 Å². The predicted octanol–water partition coefficient (Wildman–Crippen LogP) is 4.30. The fourth-order valence-corrected chi connectivity index (χ4v) is 5.12. The maximum absolute atomic E-state index is 12.8. The van der Waals surface area contributed by atoms with Crippen LogP contribution in [0.25, 0.3) is 10.4 Å². The van der Waals surface area contributed by atoms with Crippen molar-refractivity contribution in [3.05, 3.63) is 77.2 Å². The van der Waals surface area contributed by atoms with Gasteiger partial charge in [0.15, 0.2) is 0 Å². The summed E-state index contributed by atoms with van der Waals surface area (Å²) in [5, 5.41) is 2.06. The lowest BCUT2D eigenvalue weighted by atomic mass is 9.73. The van der Waals surface area contributed by atoms with Gasteiger partial charge >= 0.3 is 0 Å². The Bertz CT molecular complexity index is 1070. The van der Waals surface area contributed by atoms with Crippen molar-refractivity contribution in [2.45, 2.75) is 25.7 Å². The third-order valence-electron chi connectivity index (χ3n) is 6.39. The van der Waals surface area contributed by atoms with E-state index in [9.17, 15) is 9.59 Å². The molecular formula is C26H28N2O3S. The van der Waals surface area contributed by atoms with Crippen molar-refractivity contribution in [1.82, 2.24) is 4.90 Å². The van der Waals surface area contributed by atoms with Gasteiger partial charge in [-0.05, 0) is 59.5 Å². The lowest BCUT2D eigenvalue weighted by Crippen LogP contribution is -2.50. The summed E-state index contributed by atoms with van der Waals surface area (Å²) in [4.78, 5) is 28.4. The minimum Gasteiger partial charge on any atom is -0.497 e. The molecule has 1 aromatic heterocycles. The Hall–Kier alpha value is -3.12. The van der Waals surface area contributed by atoms with Crippen LogP contribution in [0.15, 0.2) is 66.0 Å². The first-order valence-electron chi connectivity index (χ1n) is 10.8. The molecule has 2 heterocycles. The molecule has 0 spiro atoms. The van der Waals surface area contributed by atoms with Crippen molar-refractivity contribution in [1.29, 1.82) is 0 Å². The first-order valence-corrected chi connectivity index (χ1v) is 11.7. The van der Waals surface area contributed by atoms with E-state index in [0.717, 1.165) is 22.4 Å². The zero-order valence-electron chi connectivity index (χ0n) is 18.3. The van der Waals surface area contributed by atoms with E-state index in [1.807, 2.05) is 41.3 Å². The quantitative estimate of drug-likeness (QED) is 0.586.